The number of halogens is 4. The Labute approximate surface area is 195 Å². The van der Waals surface area contributed by atoms with Crippen LogP contribution in [-0.2, 0) is 16.5 Å². The molecule has 3 heterocycles. The van der Waals surface area contributed by atoms with Gasteiger partial charge in [0.05, 0.1) is 36.3 Å². The van der Waals surface area contributed by atoms with E-state index >= 15 is 0 Å². The van der Waals surface area contributed by atoms with Crippen molar-refractivity contribution in [3.8, 4) is 5.75 Å². The third-order valence-corrected chi connectivity index (χ3v) is 6.89. The van der Waals surface area contributed by atoms with Gasteiger partial charge in [-0.15, -0.1) is 0 Å². The molecular formula is C22H26F4N4O3S. The molecule has 1 fully saturated rings. The number of aromatic nitrogens is 1. The number of hydrogen-bond donors (Lipinski definition) is 2. The number of hydrogen-bond acceptors (Lipinski definition) is 7. The summed E-state index contributed by atoms with van der Waals surface area (Å²) in [7, 11) is -5.73. The maximum Gasteiger partial charge on any atom is 0.534 e. The van der Waals surface area contributed by atoms with Gasteiger partial charge in [0.15, 0.2) is 0 Å². The molecule has 2 N–H and O–H groups in total. The van der Waals surface area contributed by atoms with Crippen molar-refractivity contribution in [1.29, 1.82) is 0 Å². The van der Waals surface area contributed by atoms with Crippen molar-refractivity contribution < 1.29 is 30.2 Å². The van der Waals surface area contributed by atoms with Gasteiger partial charge in [0.25, 0.3) is 0 Å². The summed E-state index contributed by atoms with van der Waals surface area (Å²) in [6.45, 7) is 4.08. The molecule has 1 saturated heterocycles. The monoisotopic (exact) mass is 502 g/mol. The maximum absolute atomic E-state index is 12.7. The zero-order valence-electron chi connectivity index (χ0n) is 18.5. The molecule has 2 unspecified atom stereocenters. The second-order valence-corrected chi connectivity index (χ2v) is 10.2. The highest BCUT2D eigenvalue weighted by atomic mass is 32.2. The summed E-state index contributed by atoms with van der Waals surface area (Å²) in [5.41, 5.74) is -2.41. The van der Waals surface area contributed by atoms with Crippen molar-refractivity contribution in [3.05, 3.63) is 53.3 Å². The minimum atomic E-state index is -5.73. The fraction of sp³-hybridized carbons (Fsp3) is 0.500. The lowest BCUT2D eigenvalue weighted by molar-refractivity contribution is -0.0500. The van der Waals surface area contributed by atoms with Crippen LogP contribution in [0.3, 0.4) is 0 Å². The smallest absolute Gasteiger partial charge is 0.378 e. The van der Waals surface area contributed by atoms with Crippen molar-refractivity contribution in [2.45, 2.75) is 43.4 Å². The van der Waals surface area contributed by atoms with Crippen LogP contribution in [0.5, 0.6) is 5.75 Å². The number of rotatable bonds is 8. The molecule has 186 valence electrons. The maximum atomic E-state index is 12.7. The van der Waals surface area contributed by atoms with E-state index in [2.05, 4.69) is 24.7 Å². The van der Waals surface area contributed by atoms with E-state index in [-0.39, 0.29) is 30.5 Å². The molecule has 12 heteroatoms. The second-order valence-electron chi connectivity index (χ2n) is 8.66. The molecule has 0 spiro atoms. The van der Waals surface area contributed by atoms with Crippen molar-refractivity contribution in [3.63, 3.8) is 0 Å². The van der Waals surface area contributed by atoms with Gasteiger partial charge in [-0.1, -0.05) is 6.07 Å². The summed E-state index contributed by atoms with van der Waals surface area (Å²) in [6, 6.07) is 7.87. The Hall–Kier alpha value is -2.44. The highest BCUT2D eigenvalue weighted by molar-refractivity contribution is 7.88. The molecule has 0 aliphatic carbocycles. The Bertz CT molecular complexity index is 1110. The van der Waals surface area contributed by atoms with Crippen LogP contribution in [-0.4, -0.2) is 62.2 Å². The summed E-state index contributed by atoms with van der Waals surface area (Å²) in [5, 5.41) is 6.83. The van der Waals surface area contributed by atoms with Crippen LogP contribution in [0.2, 0.25) is 0 Å². The van der Waals surface area contributed by atoms with Gasteiger partial charge in [-0.25, -0.2) is 0 Å². The minimum absolute atomic E-state index is 0.0168. The van der Waals surface area contributed by atoms with Gasteiger partial charge in [-0.05, 0) is 55.2 Å². The van der Waals surface area contributed by atoms with Gasteiger partial charge in [0.2, 0.25) is 0 Å². The van der Waals surface area contributed by atoms with Crippen molar-refractivity contribution in [2.24, 2.45) is 0 Å². The Morgan fingerprint density at radius 3 is 2.65 bits per heavy atom. The number of nitrogens with one attached hydrogen (secondary N) is 2. The van der Waals surface area contributed by atoms with E-state index in [9.17, 15) is 26.0 Å². The fourth-order valence-corrected chi connectivity index (χ4v) is 4.75. The topological polar surface area (TPSA) is 83.6 Å². The van der Waals surface area contributed by atoms with Gasteiger partial charge < -0.3 is 14.8 Å². The number of alkyl halides is 4. The van der Waals surface area contributed by atoms with E-state index in [1.165, 1.54) is 12.1 Å². The summed E-state index contributed by atoms with van der Waals surface area (Å²) in [5.74, 6) is -0.377. The van der Waals surface area contributed by atoms with Crippen LogP contribution in [0.1, 0.15) is 36.2 Å². The first kappa shape index (κ1) is 24.7. The van der Waals surface area contributed by atoms with Crippen LogP contribution >= 0.6 is 0 Å². The quantitative estimate of drug-likeness (QED) is 0.325. The van der Waals surface area contributed by atoms with Crippen LogP contribution < -0.4 is 14.8 Å². The molecule has 2 aromatic rings. The zero-order valence-corrected chi connectivity index (χ0v) is 19.3. The number of likely N-dealkylation sites (tertiary alicyclic amines) is 1. The fourth-order valence-electron chi connectivity index (χ4n) is 4.30. The van der Waals surface area contributed by atoms with Gasteiger partial charge in [-0.2, -0.15) is 21.6 Å². The molecule has 1 aromatic carbocycles. The molecule has 1 aromatic heterocycles. The average Bonchev–Trinajstić information content (AvgIpc) is 2.74. The predicted octanol–water partition coefficient (Wildman–Crippen LogP) is 3.39. The predicted molar refractivity (Wildman–Crippen MR) is 119 cm³/mol. The third kappa shape index (κ3) is 5.44. The standard InChI is InChI=1S/C22H26F4N4O3S/c1-14-9-15-10-18(33-34(31,32)22(24,25)26)4-5-19(15)21(28-14)20-6-3-16(11-27-20)29-17-12-30(13-17)8-2-7-23/h3-6,10-11,14,17,21,28-29H,2,7-9,12-13H2,1H3. The molecule has 7 nitrogen and oxygen atoms in total. The first-order chi connectivity index (χ1) is 16.1. The second kappa shape index (κ2) is 9.67. The van der Waals surface area contributed by atoms with E-state index in [1.807, 2.05) is 19.1 Å². The Kier molecular flexibility index (Phi) is 7.02. The van der Waals surface area contributed by atoms with Crippen molar-refractivity contribution in [2.75, 3.05) is 31.6 Å². The van der Waals surface area contributed by atoms with Crippen LogP contribution in [0.25, 0.3) is 0 Å². The molecule has 0 saturated carbocycles. The SMILES string of the molecule is CC1Cc2cc(OS(=O)(=O)C(F)(F)F)ccc2C(c2ccc(NC3CN(CCCF)C3)cn2)N1. The summed E-state index contributed by atoms with van der Waals surface area (Å²) in [6.07, 6.45) is 2.77. The molecular weight excluding hydrogens is 476 g/mol. The molecule has 2 atom stereocenters. The molecule has 2 aliphatic rings. The Balaban J connectivity index is 1.45. The summed E-state index contributed by atoms with van der Waals surface area (Å²) in [4.78, 5) is 6.75. The van der Waals surface area contributed by atoms with E-state index in [1.54, 1.807) is 12.3 Å². The van der Waals surface area contributed by atoms with Crippen molar-refractivity contribution in [1.82, 2.24) is 15.2 Å². The first-order valence-electron chi connectivity index (χ1n) is 11.0. The average molecular weight is 503 g/mol. The highest BCUT2D eigenvalue weighted by Crippen LogP contribution is 2.34. The number of benzene rings is 1. The van der Waals surface area contributed by atoms with E-state index in [0.717, 1.165) is 36.6 Å². The van der Waals surface area contributed by atoms with Crippen molar-refractivity contribution >= 4 is 15.8 Å². The lowest BCUT2D eigenvalue weighted by Gasteiger charge is -2.40. The van der Waals surface area contributed by atoms with Crippen LogP contribution in [0, 0.1) is 0 Å². The molecule has 4 rings (SSSR count). The largest absolute Gasteiger partial charge is 0.534 e. The van der Waals surface area contributed by atoms with E-state index in [0.29, 0.717) is 18.4 Å². The molecule has 2 aliphatic heterocycles. The lowest BCUT2D eigenvalue weighted by Crippen LogP contribution is -2.54. The molecule has 0 amide bonds. The highest BCUT2D eigenvalue weighted by Gasteiger charge is 2.48. The summed E-state index contributed by atoms with van der Waals surface area (Å²) < 4.78 is 77.2. The van der Waals surface area contributed by atoms with Gasteiger partial charge in [-0.3, -0.25) is 14.3 Å². The zero-order chi connectivity index (χ0) is 24.5. The van der Waals surface area contributed by atoms with Gasteiger partial charge >= 0.3 is 15.6 Å². The number of anilines is 1. The molecule has 0 bridgehead atoms. The lowest BCUT2D eigenvalue weighted by atomic mass is 9.89. The van der Waals surface area contributed by atoms with Gasteiger partial charge in [0.1, 0.15) is 5.75 Å². The Morgan fingerprint density at radius 2 is 2.00 bits per heavy atom. The minimum Gasteiger partial charge on any atom is -0.378 e. The number of fused-ring (bicyclic) bond motifs is 1. The van der Waals surface area contributed by atoms with Gasteiger partial charge in [0, 0.05) is 25.7 Å². The summed E-state index contributed by atoms with van der Waals surface area (Å²) >= 11 is 0. The van der Waals surface area contributed by atoms with Crippen LogP contribution in [0.15, 0.2) is 36.5 Å². The molecule has 0 radical (unpaired) electrons. The Morgan fingerprint density at radius 1 is 1.24 bits per heavy atom. The van der Waals surface area contributed by atoms with Crippen LogP contribution in [0.4, 0.5) is 23.2 Å². The first-order valence-corrected chi connectivity index (χ1v) is 12.4. The van der Waals surface area contributed by atoms with E-state index in [4.69, 9.17) is 0 Å². The normalized spacial score (nSPS) is 21.6. The third-order valence-electron chi connectivity index (χ3n) is 5.91. The molecule has 34 heavy (non-hydrogen) atoms. The number of pyridine rings is 1. The van der Waals surface area contributed by atoms with E-state index < -0.39 is 15.6 Å². The number of nitrogens with zero attached hydrogens (tertiary/aromatic N) is 2.